The number of hydrogen-bond acceptors (Lipinski definition) is 2. The summed E-state index contributed by atoms with van der Waals surface area (Å²) in [4.78, 5) is 26.1. The Balaban J connectivity index is 2.39. The van der Waals surface area contributed by atoms with E-state index >= 15 is 0 Å². The molecule has 0 aliphatic carbocycles. The molecule has 0 radical (unpaired) electrons. The molecule has 0 spiro atoms. The number of fused-ring (bicyclic) bond motifs is 2. The number of benzene rings is 4. The minimum atomic E-state index is -2.13. The second kappa shape index (κ2) is 9.34. The number of carboxylic acid groups (broad SMARTS) is 2. The lowest BCUT2D eigenvalue weighted by Crippen LogP contribution is -2.45. The van der Waals surface area contributed by atoms with Gasteiger partial charge in [0.1, 0.15) is 0 Å². The summed E-state index contributed by atoms with van der Waals surface area (Å²) in [5.74, 6) is -2.00. The second-order valence-corrected chi connectivity index (χ2v) is 20.9. The molecular formula is C30H34O4Si2. The van der Waals surface area contributed by atoms with Crippen molar-refractivity contribution in [2.24, 2.45) is 0 Å². The second-order valence-electron chi connectivity index (χ2n) is 10.9. The Labute approximate surface area is 214 Å². The normalized spacial score (nSPS) is 12.3. The Bertz CT molecular complexity index is 1400. The minimum Gasteiger partial charge on any atom is -0.478 e. The van der Waals surface area contributed by atoms with Gasteiger partial charge in [-0.05, 0) is 31.9 Å². The molecule has 4 nitrogen and oxygen atoms in total. The molecule has 0 saturated heterocycles. The average Bonchev–Trinajstić information content (AvgIpc) is 2.86. The first-order valence-electron chi connectivity index (χ1n) is 12.5. The van der Waals surface area contributed by atoms with Crippen molar-refractivity contribution in [1.82, 2.24) is 0 Å². The van der Waals surface area contributed by atoms with Gasteiger partial charge in [-0.1, -0.05) is 113 Å². The van der Waals surface area contributed by atoms with Crippen LogP contribution in [0.25, 0.3) is 32.7 Å². The highest BCUT2D eigenvalue weighted by Crippen LogP contribution is 2.40. The van der Waals surface area contributed by atoms with E-state index in [9.17, 15) is 19.8 Å². The van der Waals surface area contributed by atoms with E-state index in [1.54, 1.807) is 0 Å². The predicted molar refractivity (Wildman–Crippen MR) is 156 cm³/mol. The van der Waals surface area contributed by atoms with Crippen molar-refractivity contribution in [1.29, 1.82) is 0 Å². The van der Waals surface area contributed by atoms with E-state index in [4.69, 9.17) is 0 Å². The SMILES string of the molecule is CC[Si](C)(C)c1cc2ccccc2c(-c2c(C(=O)O)c([Si](C)(C)CC)cc3ccccc23)c1C(=O)O. The molecule has 4 aromatic carbocycles. The van der Waals surface area contributed by atoms with Crippen LogP contribution in [-0.4, -0.2) is 38.3 Å². The lowest BCUT2D eigenvalue weighted by Gasteiger charge is -2.29. The molecule has 0 bridgehead atoms. The Kier molecular flexibility index (Phi) is 6.70. The fourth-order valence-electron chi connectivity index (χ4n) is 5.11. The monoisotopic (exact) mass is 514 g/mol. The third-order valence-corrected chi connectivity index (χ3v) is 15.2. The van der Waals surface area contributed by atoms with Crippen molar-refractivity contribution in [3.63, 3.8) is 0 Å². The topological polar surface area (TPSA) is 74.6 Å². The van der Waals surface area contributed by atoms with Crippen LogP contribution in [0.5, 0.6) is 0 Å². The van der Waals surface area contributed by atoms with Gasteiger partial charge >= 0.3 is 11.9 Å². The van der Waals surface area contributed by atoms with Crippen LogP contribution < -0.4 is 10.4 Å². The van der Waals surface area contributed by atoms with Crippen LogP contribution in [0.15, 0.2) is 60.7 Å². The summed E-state index contributed by atoms with van der Waals surface area (Å²) in [6.07, 6.45) is 0. The third-order valence-electron chi connectivity index (χ3n) is 8.00. The third kappa shape index (κ3) is 4.18. The van der Waals surface area contributed by atoms with E-state index < -0.39 is 28.1 Å². The standard InChI is InChI=1S/C30H34O4Si2/c1-7-35(3,4)23-17-19-13-9-11-15-21(19)25(27(23)29(31)32)26-22-16-12-10-14-20(22)18-24(28(26)30(33)34)36(5,6)8-2/h9-18H,7-8H2,1-6H3,(H,31,32)(H,33,34). The van der Waals surface area contributed by atoms with Crippen molar-refractivity contribution in [2.45, 2.75) is 52.1 Å². The number of aromatic carboxylic acids is 2. The van der Waals surface area contributed by atoms with Gasteiger partial charge in [0.2, 0.25) is 0 Å². The Morgan fingerprint density at radius 2 is 0.972 bits per heavy atom. The van der Waals surface area contributed by atoms with Crippen molar-refractivity contribution in [3.05, 3.63) is 71.8 Å². The molecule has 4 aromatic rings. The van der Waals surface area contributed by atoms with E-state index in [1.807, 2.05) is 60.7 Å². The maximum absolute atomic E-state index is 13.1. The maximum Gasteiger partial charge on any atom is 0.336 e. The van der Waals surface area contributed by atoms with E-state index in [-0.39, 0.29) is 11.1 Å². The summed E-state index contributed by atoms with van der Waals surface area (Å²) in [5, 5.41) is 26.5. The first-order valence-corrected chi connectivity index (χ1v) is 19.0. The summed E-state index contributed by atoms with van der Waals surface area (Å²) in [7, 11) is -4.26. The maximum atomic E-state index is 13.1. The molecule has 0 aliphatic heterocycles. The smallest absolute Gasteiger partial charge is 0.336 e. The van der Waals surface area contributed by atoms with Crippen LogP contribution in [0.4, 0.5) is 0 Å². The molecule has 4 rings (SSSR count). The van der Waals surface area contributed by atoms with Gasteiger partial charge in [0.25, 0.3) is 0 Å². The van der Waals surface area contributed by atoms with Gasteiger partial charge in [-0.25, -0.2) is 9.59 Å². The summed E-state index contributed by atoms with van der Waals surface area (Å²) < 4.78 is 0. The van der Waals surface area contributed by atoms with Crippen LogP contribution in [-0.2, 0) is 0 Å². The molecule has 36 heavy (non-hydrogen) atoms. The highest BCUT2D eigenvalue weighted by Gasteiger charge is 2.35. The summed E-state index contributed by atoms with van der Waals surface area (Å²) in [6.45, 7) is 13.0. The quantitative estimate of drug-likeness (QED) is 0.262. The van der Waals surface area contributed by atoms with Crippen LogP contribution in [0, 0.1) is 0 Å². The largest absolute Gasteiger partial charge is 0.478 e. The molecule has 0 amide bonds. The van der Waals surface area contributed by atoms with Crippen molar-refractivity contribution >= 4 is 60.0 Å². The lowest BCUT2D eigenvalue weighted by molar-refractivity contribution is 0.0686. The molecule has 2 N–H and O–H groups in total. The van der Waals surface area contributed by atoms with Crippen molar-refractivity contribution in [3.8, 4) is 11.1 Å². The Hall–Kier alpha value is -3.23. The molecule has 0 saturated carbocycles. The van der Waals surface area contributed by atoms with E-state index in [2.05, 4.69) is 40.0 Å². The van der Waals surface area contributed by atoms with Gasteiger partial charge in [0.15, 0.2) is 0 Å². The van der Waals surface area contributed by atoms with E-state index in [0.717, 1.165) is 44.0 Å². The first-order chi connectivity index (χ1) is 16.9. The molecule has 0 aromatic heterocycles. The van der Waals surface area contributed by atoms with Gasteiger partial charge in [0.05, 0.1) is 27.3 Å². The fraction of sp³-hybridized carbons (Fsp3) is 0.267. The van der Waals surface area contributed by atoms with Gasteiger partial charge in [-0.3, -0.25) is 0 Å². The van der Waals surface area contributed by atoms with Gasteiger partial charge in [-0.15, -0.1) is 0 Å². The minimum absolute atomic E-state index is 0.257. The number of hydrogen-bond donors (Lipinski definition) is 2. The average molecular weight is 515 g/mol. The molecule has 0 unspecified atom stereocenters. The molecule has 0 atom stereocenters. The number of rotatable bonds is 7. The molecule has 0 aliphatic rings. The number of carbonyl (C=O) groups is 2. The van der Waals surface area contributed by atoms with Gasteiger partial charge in [0, 0.05) is 11.1 Å². The summed E-state index contributed by atoms with van der Waals surface area (Å²) in [5.41, 5.74) is 1.60. The zero-order valence-electron chi connectivity index (χ0n) is 21.9. The van der Waals surface area contributed by atoms with Crippen LogP contribution in [0.2, 0.25) is 38.3 Å². The van der Waals surface area contributed by atoms with Crippen LogP contribution in [0.1, 0.15) is 34.6 Å². The van der Waals surface area contributed by atoms with E-state index in [0.29, 0.717) is 11.1 Å². The highest BCUT2D eigenvalue weighted by molar-refractivity contribution is 6.91. The fourth-order valence-corrected chi connectivity index (χ4v) is 8.78. The van der Waals surface area contributed by atoms with Crippen LogP contribution in [0.3, 0.4) is 0 Å². The number of carboxylic acids is 2. The summed E-state index contributed by atoms with van der Waals surface area (Å²) >= 11 is 0. The van der Waals surface area contributed by atoms with E-state index in [1.165, 1.54) is 0 Å². The van der Waals surface area contributed by atoms with Gasteiger partial charge < -0.3 is 10.2 Å². The van der Waals surface area contributed by atoms with Gasteiger partial charge in [-0.2, -0.15) is 0 Å². The molecule has 186 valence electrons. The zero-order valence-corrected chi connectivity index (χ0v) is 23.9. The molecule has 0 fully saturated rings. The van der Waals surface area contributed by atoms with Crippen molar-refractivity contribution < 1.29 is 19.8 Å². The van der Waals surface area contributed by atoms with Crippen LogP contribution >= 0.6 is 0 Å². The van der Waals surface area contributed by atoms with Crippen molar-refractivity contribution in [2.75, 3.05) is 0 Å². The highest BCUT2D eigenvalue weighted by atomic mass is 28.3. The molecule has 6 heteroatoms. The Morgan fingerprint density at radius 1 is 0.639 bits per heavy atom. The first kappa shape index (κ1) is 25.9. The lowest BCUT2D eigenvalue weighted by atomic mass is 9.87. The molecule has 0 heterocycles. The molecular weight excluding hydrogens is 480 g/mol. The predicted octanol–water partition coefficient (Wildman–Crippen LogP) is 6.93. The zero-order chi connectivity index (χ0) is 26.4. The summed E-state index contributed by atoms with van der Waals surface area (Å²) in [6, 6.07) is 21.4. The Morgan fingerprint density at radius 3 is 1.28 bits per heavy atom.